The lowest BCUT2D eigenvalue weighted by Crippen LogP contribution is -2.14. The van der Waals surface area contributed by atoms with Gasteiger partial charge in [0, 0.05) is 21.5 Å². The number of carbonyl (C=O) groups is 1. The van der Waals surface area contributed by atoms with Gasteiger partial charge in [0.2, 0.25) is 5.89 Å². The zero-order valence-electron chi connectivity index (χ0n) is 18.2. The quantitative estimate of drug-likeness (QED) is 0.178. The van der Waals surface area contributed by atoms with Crippen LogP contribution in [-0.2, 0) is 0 Å². The molecule has 3 aromatic carbocycles. The van der Waals surface area contributed by atoms with Gasteiger partial charge >= 0.3 is 0 Å². The second-order valence-corrected chi connectivity index (χ2v) is 9.43. The van der Waals surface area contributed by atoms with E-state index in [4.69, 9.17) is 21.0 Å². The normalized spacial score (nSPS) is 12.1. The van der Waals surface area contributed by atoms with Gasteiger partial charge in [-0.2, -0.15) is 0 Å². The number of pyridine rings is 1. The number of para-hydroxylation sites is 1. The van der Waals surface area contributed by atoms with Crippen molar-refractivity contribution in [1.82, 2.24) is 15.2 Å². The molecule has 0 radical (unpaired) electrons. The molecule has 0 unspecified atom stereocenters. The van der Waals surface area contributed by atoms with Crippen LogP contribution in [0.15, 0.2) is 82.4 Å². The van der Waals surface area contributed by atoms with E-state index in [9.17, 15) is 13.6 Å². The van der Waals surface area contributed by atoms with Crippen LogP contribution >= 0.6 is 23.4 Å². The Morgan fingerprint density at radius 1 is 0.971 bits per heavy atom. The van der Waals surface area contributed by atoms with Crippen LogP contribution < -0.4 is 0 Å². The number of rotatable bonds is 6. The molecule has 0 amide bonds. The Balaban J connectivity index is 1.46. The van der Waals surface area contributed by atoms with E-state index in [1.54, 1.807) is 19.1 Å². The number of fused-ring (bicyclic) bond motifs is 1. The lowest BCUT2D eigenvalue weighted by molar-refractivity contribution is 0.0993. The maximum absolute atomic E-state index is 13.5. The highest BCUT2D eigenvalue weighted by molar-refractivity contribution is 8.00. The molecule has 174 valence electrons. The SMILES string of the molecule is C[C@@H](Sc1nnc(-c2cc(-c3ccc(Cl)cc3)nc3ccccc23)o1)C(=O)c1ccc(F)c(F)c1. The molecular formula is C26H16ClF2N3O2S. The third kappa shape index (κ3) is 4.80. The highest BCUT2D eigenvalue weighted by Gasteiger charge is 2.22. The van der Waals surface area contributed by atoms with Gasteiger partial charge in [0.05, 0.1) is 22.0 Å². The number of hydrogen-bond acceptors (Lipinski definition) is 6. The maximum atomic E-state index is 13.5. The molecule has 0 aliphatic carbocycles. The molecule has 0 N–H and O–H groups in total. The Hall–Kier alpha value is -3.62. The number of carbonyl (C=O) groups excluding carboxylic acids is 1. The lowest BCUT2D eigenvalue weighted by atomic mass is 10.0. The van der Waals surface area contributed by atoms with Crippen molar-refractivity contribution in [1.29, 1.82) is 0 Å². The molecule has 0 spiro atoms. The number of nitrogens with zero attached hydrogens (tertiary/aromatic N) is 3. The Bertz CT molecular complexity index is 1560. The highest BCUT2D eigenvalue weighted by atomic mass is 35.5. The van der Waals surface area contributed by atoms with Gasteiger partial charge < -0.3 is 4.42 Å². The van der Waals surface area contributed by atoms with Crippen molar-refractivity contribution in [2.45, 2.75) is 17.4 Å². The molecule has 0 bridgehead atoms. The second kappa shape index (κ2) is 9.56. The summed E-state index contributed by atoms with van der Waals surface area (Å²) in [5.41, 5.74) is 3.10. The fourth-order valence-electron chi connectivity index (χ4n) is 3.58. The molecule has 2 aromatic heterocycles. The van der Waals surface area contributed by atoms with Crippen molar-refractivity contribution in [2.75, 3.05) is 0 Å². The average molecular weight is 508 g/mol. The third-order valence-corrected chi connectivity index (χ3v) is 6.53. The first-order chi connectivity index (χ1) is 16.9. The van der Waals surface area contributed by atoms with Gasteiger partial charge in [-0.05, 0) is 49.4 Å². The summed E-state index contributed by atoms with van der Waals surface area (Å²) in [5, 5.41) is 9.25. The van der Waals surface area contributed by atoms with Crippen LogP contribution in [0.2, 0.25) is 5.02 Å². The first-order valence-electron chi connectivity index (χ1n) is 10.5. The summed E-state index contributed by atoms with van der Waals surface area (Å²) < 4.78 is 32.6. The van der Waals surface area contributed by atoms with Gasteiger partial charge in [-0.15, -0.1) is 10.2 Å². The van der Waals surface area contributed by atoms with Gasteiger partial charge in [-0.1, -0.05) is 53.7 Å². The van der Waals surface area contributed by atoms with Crippen molar-refractivity contribution in [3.8, 4) is 22.7 Å². The Kier molecular flexibility index (Phi) is 6.32. The molecular weight excluding hydrogens is 492 g/mol. The zero-order chi connectivity index (χ0) is 24.5. The molecule has 5 aromatic rings. The fraction of sp³-hybridized carbons (Fsp3) is 0.0769. The van der Waals surface area contributed by atoms with E-state index in [1.807, 2.05) is 42.5 Å². The van der Waals surface area contributed by atoms with Crippen molar-refractivity contribution >= 4 is 40.0 Å². The molecule has 35 heavy (non-hydrogen) atoms. The van der Waals surface area contributed by atoms with Crippen molar-refractivity contribution in [3.63, 3.8) is 0 Å². The average Bonchev–Trinajstić information content (AvgIpc) is 3.33. The van der Waals surface area contributed by atoms with Gasteiger partial charge in [-0.25, -0.2) is 13.8 Å². The van der Waals surface area contributed by atoms with E-state index in [0.717, 1.165) is 40.4 Å². The van der Waals surface area contributed by atoms with E-state index in [2.05, 4.69) is 10.2 Å². The summed E-state index contributed by atoms with van der Waals surface area (Å²) in [4.78, 5) is 17.4. The summed E-state index contributed by atoms with van der Waals surface area (Å²) in [5.74, 6) is -2.19. The van der Waals surface area contributed by atoms with Gasteiger partial charge in [0.15, 0.2) is 17.4 Å². The zero-order valence-corrected chi connectivity index (χ0v) is 19.8. The molecule has 5 nitrogen and oxygen atoms in total. The van der Waals surface area contributed by atoms with Crippen LogP contribution in [0.3, 0.4) is 0 Å². The van der Waals surface area contributed by atoms with Gasteiger partial charge in [-0.3, -0.25) is 4.79 Å². The molecule has 0 fully saturated rings. The van der Waals surface area contributed by atoms with E-state index < -0.39 is 16.9 Å². The summed E-state index contributed by atoms with van der Waals surface area (Å²) >= 11 is 7.07. The molecule has 2 heterocycles. The van der Waals surface area contributed by atoms with Crippen molar-refractivity contribution in [2.24, 2.45) is 0 Å². The summed E-state index contributed by atoms with van der Waals surface area (Å²) in [7, 11) is 0. The Morgan fingerprint density at radius 2 is 1.74 bits per heavy atom. The topological polar surface area (TPSA) is 68.9 Å². The summed E-state index contributed by atoms with van der Waals surface area (Å²) in [6, 6.07) is 19.9. The first-order valence-corrected chi connectivity index (χ1v) is 11.8. The lowest BCUT2D eigenvalue weighted by Gasteiger charge is -2.08. The van der Waals surface area contributed by atoms with E-state index >= 15 is 0 Å². The number of hydrogen-bond donors (Lipinski definition) is 0. The smallest absolute Gasteiger partial charge is 0.277 e. The Labute approximate surface area is 208 Å². The fourth-order valence-corrected chi connectivity index (χ4v) is 4.46. The largest absolute Gasteiger partial charge is 0.411 e. The van der Waals surface area contributed by atoms with E-state index in [-0.39, 0.29) is 22.5 Å². The molecule has 0 saturated carbocycles. The molecule has 0 aliphatic heterocycles. The van der Waals surface area contributed by atoms with Crippen LogP contribution in [0.25, 0.3) is 33.6 Å². The van der Waals surface area contributed by atoms with Crippen LogP contribution in [0.1, 0.15) is 17.3 Å². The van der Waals surface area contributed by atoms with Crippen molar-refractivity contribution < 1.29 is 18.0 Å². The Morgan fingerprint density at radius 3 is 2.51 bits per heavy atom. The van der Waals surface area contributed by atoms with Crippen molar-refractivity contribution in [3.05, 3.63) is 95.0 Å². The second-order valence-electron chi connectivity index (χ2n) is 7.71. The van der Waals surface area contributed by atoms with Crippen LogP contribution in [0, 0.1) is 11.6 Å². The number of thioether (sulfide) groups is 1. The molecule has 0 aliphatic rings. The number of aromatic nitrogens is 3. The third-order valence-electron chi connectivity index (χ3n) is 5.34. The number of Topliss-reactive ketones (excluding diaryl/α,β-unsaturated/α-hetero) is 1. The maximum Gasteiger partial charge on any atom is 0.277 e. The van der Waals surface area contributed by atoms with E-state index in [1.165, 1.54) is 6.07 Å². The van der Waals surface area contributed by atoms with Gasteiger partial charge in [0.1, 0.15) is 0 Å². The molecule has 0 saturated heterocycles. The van der Waals surface area contributed by atoms with Crippen LogP contribution in [-0.4, -0.2) is 26.2 Å². The minimum absolute atomic E-state index is 0.0661. The predicted molar refractivity (Wildman–Crippen MR) is 131 cm³/mol. The number of benzene rings is 3. The number of halogens is 3. The summed E-state index contributed by atoms with van der Waals surface area (Å²) in [6.45, 7) is 1.64. The first kappa shape index (κ1) is 23.1. The molecule has 1 atom stereocenters. The molecule has 9 heteroatoms. The monoisotopic (exact) mass is 507 g/mol. The minimum Gasteiger partial charge on any atom is -0.411 e. The standard InChI is InChI=1S/C26H16ClF2N3O2S/c1-14(24(33)16-8-11-20(28)21(29)12-16)35-26-32-31-25(34-26)19-13-23(15-6-9-17(27)10-7-15)30-22-5-3-2-4-18(19)22/h2-14H,1H3/t14-/m1/s1. The van der Waals surface area contributed by atoms with Crippen LogP contribution in [0.4, 0.5) is 8.78 Å². The highest BCUT2D eigenvalue weighted by Crippen LogP contribution is 2.34. The number of ketones is 1. The predicted octanol–water partition coefficient (Wildman–Crippen LogP) is 7.25. The minimum atomic E-state index is -1.07. The molecule has 5 rings (SSSR count). The van der Waals surface area contributed by atoms with E-state index in [0.29, 0.717) is 16.3 Å². The van der Waals surface area contributed by atoms with Crippen LogP contribution in [0.5, 0.6) is 0 Å². The van der Waals surface area contributed by atoms with Gasteiger partial charge in [0.25, 0.3) is 5.22 Å². The summed E-state index contributed by atoms with van der Waals surface area (Å²) in [6.07, 6.45) is 0.